The topological polar surface area (TPSA) is 88.2 Å². The number of benzene rings is 1. The highest BCUT2D eigenvalue weighted by Crippen LogP contribution is 2.25. The van der Waals surface area contributed by atoms with E-state index in [9.17, 15) is 13.2 Å². The quantitative estimate of drug-likeness (QED) is 0.734. The van der Waals surface area contributed by atoms with E-state index in [-0.39, 0.29) is 22.8 Å². The third-order valence-electron chi connectivity index (χ3n) is 4.80. The van der Waals surface area contributed by atoms with Crippen molar-refractivity contribution in [1.29, 1.82) is 0 Å². The van der Waals surface area contributed by atoms with Crippen LogP contribution in [0.3, 0.4) is 0 Å². The number of fused-ring (bicyclic) bond motifs is 1. The van der Waals surface area contributed by atoms with E-state index < -0.39 is 16.1 Å². The number of nitrogens with one attached hydrogen (secondary N) is 2. The van der Waals surface area contributed by atoms with Gasteiger partial charge in [-0.25, -0.2) is 13.4 Å². The molecular formula is C19H27N3O3S2. The number of aryl methyl sites for hydroxylation is 1. The molecule has 1 aromatic heterocycles. The van der Waals surface area contributed by atoms with Gasteiger partial charge in [0, 0.05) is 6.04 Å². The maximum atomic E-state index is 12.9. The van der Waals surface area contributed by atoms with Gasteiger partial charge >= 0.3 is 0 Å². The number of carbonyl (C=O) groups excluding carboxylic acids is 1. The van der Waals surface area contributed by atoms with Gasteiger partial charge in [0.2, 0.25) is 15.9 Å². The van der Waals surface area contributed by atoms with Crippen LogP contribution in [0, 0.1) is 12.8 Å². The molecule has 0 aliphatic heterocycles. The Morgan fingerprint density at radius 2 is 2.00 bits per heavy atom. The maximum absolute atomic E-state index is 12.9. The summed E-state index contributed by atoms with van der Waals surface area (Å²) in [6.45, 7) is 5.86. The van der Waals surface area contributed by atoms with Crippen LogP contribution in [-0.2, 0) is 14.8 Å². The summed E-state index contributed by atoms with van der Waals surface area (Å²) in [5.41, 5.74) is 0.786. The molecule has 1 saturated carbocycles. The Morgan fingerprint density at radius 1 is 1.30 bits per heavy atom. The van der Waals surface area contributed by atoms with E-state index in [4.69, 9.17) is 0 Å². The van der Waals surface area contributed by atoms with Crippen LogP contribution in [-0.4, -0.2) is 31.4 Å². The van der Waals surface area contributed by atoms with Crippen LogP contribution in [0.5, 0.6) is 0 Å². The largest absolute Gasteiger partial charge is 0.352 e. The van der Waals surface area contributed by atoms with Gasteiger partial charge in [-0.2, -0.15) is 4.72 Å². The molecule has 3 rings (SSSR count). The van der Waals surface area contributed by atoms with E-state index >= 15 is 0 Å². The van der Waals surface area contributed by atoms with E-state index in [0.717, 1.165) is 40.9 Å². The van der Waals surface area contributed by atoms with Gasteiger partial charge in [0.1, 0.15) is 6.04 Å². The number of hydrogen-bond acceptors (Lipinski definition) is 5. The molecule has 0 spiro atoms. The van der Waals surface area contributed by atoms with Gasteiger partial charge in [0.15, 0.2) is 0 Å². The summed E-state index contributed by atoms with van der Waals surface area (Å²) in [5, 5.41) is 3.91. The number of sulfonamides is 1. The number of nitrogens with zero attached hydrogens (tertiary/aromatic N) is 1. The number of hydrogen-bond donors (Lipinski definition) is 2. The molecule has 0 saturated heterocycles. The van der Waals surface area contributed by atoms with E-state index in [2.05, 4.69) is 15.0 Å². The lowest BCUT2D eigenvalue weighted by molar-refractivity contribution is -0.123. The maximum Gasteiger partial charge on any atom is 0.241 e. The van der Waals surface area contributed by atoms with Crippen molar-refractivity contribution in [2.45, 2.75) is 69.9 Å². The standard InChI is InChI=1S/C19H27N3O3S2/c1-12(2)10-17(19(23)21-14-6-4-5-7-14)22-27(24,25)15-8-9-16-18(11-15)26-13(3)20-16/h8-9,11-12,14,17,22H,4-7,10H2,1-3H3,(H,21,23). The zero-order valence-corrected chi connectivity index (χ0v) is 17.6. The molecule has 0 radical (unpaired) electrons. The third kappa shape index (κ3) is 5.06. The van der Waals surface area contributed by atoms with Crippen molar-refractivity contribution in [1.82, 2.24) is 15.0 Å². The highest BCUT2D eigenvalue weighted by Gasteiger charge is 2.29. The van der Waals surface area contributed by atoms with Crippen LogP contribution in [0.2, 0.25) is 0 Å². The van der Waals surface area contributed by atoms with Crippen LogP contribution in [0.4, 0.5) is 0 Å². The number of thiazole rings is 1. The minimum absolute atomic E-state index is 0.160. The monoisotopic (exact) mass is 409 g/mol. The van der Waals surface area contributed by atoms with Crippen LogP contribution in [0.1, 0.15) is 51.0 Å². The first-order valence-electron chi connectivity index (χ1n) is 9.44. The Bertz CT molecular complexity index is 915. The molecule has 1 fully saturated rings. The minimum atomic E-state index is -3.80. The molecule has 1 atom stereocenters. The van der Waals surface area contributed by atoms with Gasteiger partial charge in [-0.3, -0.25) is 4.79 Å². The average Bonchev–Trinajstić information content (AvgIpc) is 3.20. The summed E-state index contributed by atoms with van der Waals surface area (Å²) in [5.74, 6) is -0.0347. The van der Waals surface area contributed by atoms with Gasteiger partial charge < -0.3 is 5.32 Å². The molecule has 1 unspecified atom stereocenters. The van der Waals surface area contributed by atoms with Crippen molar-refractivity contribution in [2.24, 2.45) is 5.92 Å². The first-order chi connectivity index (χ1) is 12.7. The van der Waals surface area contributed by atoms with Gasteiger partial charge in [0.25, 0.3) is 0 Å². The molecule has 8 heteroatoms. The third-order valence-corrected chi connectivity index (χ3v) is 7.20. The minimum Gasteiger partial charge on any atom is -0.352 e. The second kappa shape index (κ2) is 8.24. The fourth-order valence-electron chi connectivity index (χ4n) is 3.49. The van der Waals surface area contributed by atoms with E-state index in [1.54, 1.807) is 18.2 Å². The molecule has 27 heavy (non-hydrogen) atoms. The summed E-state index contributed by atoms with van der Waals surface area (Å²) in [4.78, 5) is 17.2. The highest BCUT2D eigenvalue weighted by atomic mass is 32.2. The van der Waals surface area contributed by atoms with Gasteiger partial charge in [0.05, 0.1) is 20.1 Å². The Hall–Kier alpha value is -1.51. The predicted molar refractivity (Wildman–Crippen MR) is 108 cm³/mol. The second-order valence-corrected chi connectivity index (χ2v) is 10.6. The molecule has 6 nitrogen and oxygen atoms in total. The van der Waals surface area contributed by atoms with E-state index in [0.29, 0.717) is 6.42 Å². The summed E-state index contributed by atoms with van der Waals surface area (Å²) in [6, 6.07) is 4.28. The Morgan fingerprint density at radius 3 is 2.67 bits per heavy atom. The van der Waals surface area contributed by atoms with Crippen LogP contribution >= 0.6 is 11.3 Å². The van der Waals surface area contributed by atoms with Crippen LogP contribution in [0.15, 0.2) is 23.1 Å². The normalized spacial score (nSPS) is 16.9. The number of amides is 1. The molecule has 1 aliphatic rings. The molecule has 1 heterocycles. The smallest absolute Gasteiger partial charge is 0.241 e. The van der Waals surface area contributed by atoms with Crippen molar-refractivity contribution in [2.75, 3.05) is 0 Å². The molecule has 1 aliphatic carbocycles. The second-order valence-electron chi connectivity index (χ2n) is 7.66. The average molecular weight is 410 g/mol. The van der Waals surface area contributed by atoms with Gasteiger partial charge in [-0.05, 0) is 50.3 Å². The van der Waals surface area contributed by atoms with Crippen molar-refractivity contribution in [3.63, 3.8) is 0 Å². The van der Waals surface area contributed by atoms with Crippen LogP contribution < -0.4 is 10.0 Å². The van der Waals surface area contributed by atoms with Crippen molar-refractivity contribution in [3.05, 3.63) is 23.2 Å². The van der Waals surface area contributed by atoms with Crippen molar-refractivity contribution in [3.8, 4) is 0 Å². The van der Waals surface area contributed by atoms with Gasteiger partial charge in [-0.1, -0.05) is 26.7 Å². The Kier molecular flexibility index (Phi) is 6.18. The SMILES string of the molecule is Cc1nc2ccc(S(=O)(=O)NC(CC(C)C)C(=O)NC3CCCC3)cc2s1. The lowest BCUT2D eigenvalue weighted by atomic mass is 10.0. The Balaban J connectivity index is 1.80. The van der Waals surface area contributed by atoms with Gasteiger partial charge in [-0.15, -0.1) is 11.3 Å². The highest BCUT2D eigenvalue weighted by molar-refractivity contribution is 7.89. The molecule has 0 bridgehead atoms. The molecule has 2 aromatic rings. The zero-order valence-electron chi connectivity index (χ0n) is 16.0. The van der Waals surface area contributed by atoms with E-state index in [1.807, 2.05) is 20.8 Å². The Labute approximate surface area is 164 Å². The summed E-state index contributed by atoms with van der Waals surface area (Å²) >= 11 is 1.46. The molecule has 2 N–H and O–H groups in total. The summed E-state index contributed by atoms with van der Waals surface area (Å²) in [7, 11) is -3.80. The van der Waals surface area contributed by atoms with E-state index in [1.165, 1.54) is 11.3 Å². The number of carbonyl (C=O) groups is 1. The lowest BCUT2D eigenvalue weighted by Crippen LogP contribution is -2.49. The fraction of sp³-hybridized carbons (Fsp3) is 0.579. The number of rotatable bonds is 7. The molecule has 1 aromatic carbocycles. The first-order valence-corrected chi connectivity index (χ1v) is 11.7. The fourth-order valence-corrected chi connectivity index (χ4v) is 5.67. The number of aromatic nitrogens is 1. The summed E-state index contributed by atoms with van der Waals surface area (Å²) < 4.78 is 29.3. The molecular weight excluding hydrogens is 382 g/mol. The van der Waals surface area contributed by atoms with Crippen molar-refractivity contribution < 1.29 is 13.2 Å². The first kappa shape index (κ1) is 20.2. The van der Waals surface area contributed by atoms with Crippen LogP contribution in [0.25, 0.3) is 10.2 Å². The van der Waals surface area contributed by atoms with Crippen molar-refractivity contribution >= 4 is 37.5 Å². The predicted octanol–water partition coefficient (Wildman–Crippen LogP) is 3.36. The zero-order chi connectivity index (χ0) is 19.6. The lowest BCUT2D eigenvalue weighted by Gasteiger charge is -2.22. The molecule has 1 amide bonds. The summed E-state index contributed by atoms with van der Waals surface area (Å²) in [6.07, 6.45) is 4.61. The molecule has 148 valence electrons.